The van der Waals surface area contributed by atoms with E-state index < -0.39 is 0 Å². The van der Waals surface area contributed by atoms with Gasteiger partial charge in [0.15, 0.2) is 5.11 Å². The first-order chi connectivity index (χ1) is 6.81. The molecular formula is C10H10N2OS. The van der Waals surface area contributed by atoms with Gasteiger partial charge < -0.3 is 10.1 Å². The number of methoxy groups -OCH3 is 1. The van der Waals surface area contributed by atoms with Crippen LogP contribution in [0.4, 0.5) is 0 Å². The van der Waals surface area contributed by atoms with Gasteiger partial charge in [-0.2, -0.15) is 0 Å². The highest BCUT2D eigenvalue weighted by Gasteiger charge is 2.14. The van der Waals surface area contributed by atoms with Crippen LogP contribution >= 0.6 is 12.2 Å². The highest BCUT2D eigenvalue weighted by Crippen LogP contribution is 2.19. The third-order valence-corrected chi connectivity index (χ3v) is 2.30. The number of benzene rings is 1. The minimum Gasteiger partial charge on any atom is -0.496 e. The molecule has 0 saturated carbocycles. The normalized spacial score (nSPS) is 14.9. The molecule has 1 aromatic carbocycles. The monoisotopic (exact) mass is 206 g/mol. The van der Waals surface area contributed by atoms with Crippen molar-refractivity contribution < 1.29 is 4.74 Å². The predicted octanol–water partition coefficient (Wildman–Crippen LogP) is 1.37. The maximum atomic E-state index is 5.24. The summed E-state index contributed by atoms with van der Waals surface area (Å²) in [5.74, 6) is 0.831. The van der Waals surface area contributed by atoms with Crippen molar-refractivity contribution in [3.05, 3.63) is 29.8 Å². The van der Waals surface area contributed by atoms with Crippen LogP contribution in [0.2, 0.25) is 0 Å². The summed E-state index contributed by atoms with van der Waals surface area (Å²) in [7, 11) is 1.65. The van der Waals surface area contributed by atoms with Crippen molar-refractivity contribution in [2.45, 2.75) is 0 Å². The Morgan fingerprint density at radius 1 is 1.43 bits per heavy atom. The standard InChI is InChI=1S/C10H10N2OS/c1-13-9-5-3-2-4-7(9)8-6-11-10(14)12-8/h2-5H,6H2,1H3,(H,11,14). The number of ether oxygens (including phenoxy) is 1. The van der Waals surface area contributed by atoms with E-state index in [0.29, 0.717) is 11.7 Å². The minimum atomic E-state index is 0.547. The van der Waals surface area contributed by atoms with Crippen LogP contribution in [-0.4, -0.2) is 24.5 Å². The van der Waals surface area contributed by atoms with Crippen LogP contribution in [0, 0.1) is 0 Å². The maximum Gasteiger partial charge on any atom is 0.193 e. The van der Waals surface area contributed by atoms with Gasteiger partial charge in [0.25, 0.3) is 0 Å². The van der Waals surface area contributed by atoms with E-state index in [1.165, 1.54) is 0 Å². The van der Waals surface area contributed by atoms with Gasteiger partial charge in [-0.15, -0.1) is 0 Å². The Labute approximate surface area is 87.8 Å². The zero-order chi connectivity index (χ0) is 9.97. The minimum absolute atomic E-state index is 0.547. The van der Waals surface area contributed by atoms with E-state index in [-0.39, 0.29) is 0 Å². The van der Waals surface area contributed by atoms with Crippen LogP contribution < -0.4 is 10.1 Å². The van der Waals surface area contributed by atoms with Crippen molar-refractivity contribution >= 4 is 23.0 Å². The fourth-order valence-electron chi connectivity index (χ4n) is 1.40. The predicted molar refractivity (Wildman–Crippen MR) is 60.1 cm³/mol. The van der Waals surface area contributed by atoms with Gasteiger partial charge in [0, 0.05) is 5.56 Å². The van der Waals surface area contributed by atoms with Crippen molar-refractivity contribution in [2.75, 3.05) is 13.7 Å². The van der Waals surface area contributed by atoms with E-state index in [9.17, 15) is 0 Å². The van der Waals surface area contributed by atoms with E-state index in [1.54, 1.807) is 7.11 Å². The Balaban J connectivity index is 2.41. The second-order valence-electron chi connectivity index (χ2n) is 2.92. The van der Waals surface area contributed by atoms with Crippen LogP contribution in [0.15, 0.2) is 29.3 Å². The molecule has 2 rings (SSSR count). The average molecular weight is 206 g/mol. The van der Waals surface area contributed by atoms with E-state index in [0.717, 1.165) is 17.0 Å². The van der Waals surface area contributed by atoms with E-state index in [4.69, 9.17) is 17.0 Å². The molecule has 0 atom stereocenters. The lowest BCUT2D eigenvalue weighted by molar-refractivity contribution is 0.414. The van der Waals surface area contributed by atoms with Gasteiger partial charge in [-0.3, -0.25) is 0 Å². The van der Waals surface area contributed by atoms with Crippen LogP contribution in [0.25, 0.3) is 0 Å². The molecule has 72 valence electrons. The van der Waals surface area contributed by atoms with Crippen molar-refractivity contribution in [3.63, 3.8) is 0 Å². The molecule has 0 radical (unpaired) electrons. The van der Waals surface area contributed by atoms with Gasteiger partial charge in [-0.25, -0.2) is 4.99 Å². The van der Waals surface area contributed by atoms with Gasteiger partial charge in [-0.05, 0) is 24.4 Å². The van der Waals surface area contributed by atoms with Crippen LogP contribution in [0.1, 0.15) is 5.56 Å². The van der Waals surface area contributed by atoms with E-state index in [1.807, 2.05) is 24.3 Å². The molecule has 0 fully saturated rings. The number of thiocarbonyl (C=S) groups is 1. The maximum absolute atomic E-state index is 5.24. The average Bonchev–Trinajstić information content (AvgIpc) is 2.65. The van der Waals surface area contributed by atoms with Crippen LogP contribution in [-0.2, 0) is 0 Å². The van der Waals surface area contributed by atoms with Gasteiger partial charge >= 0.3 is 0 Å². The summed E-state index contributed by atoms with van der Waals surface area (Å²) in [5, 5.41) is 3.54. The van der Waals surface area contributed by atoms with Crippen molar-refractivity contribution in [2.24, 2.45) is 4.99 Å². The molecule has 0 saturated heterocycles. The molecule has 1 aromatic rings. The number of nitrogens with zero attached hydrogens (tertiary/aromatic N) is 1. The summed E-state index contributed by atoms with van der Waals surface area (Å²) >= 11 is 4.94. The summed E-state index contributed by atoms with van der Waals surface area (Å²) < 4.78 is 5.24. The fourth-order valence-corrected chi connectivity index (χ4v) is 1.58. The summed E-state index contributed by atoms with van der Waals surface area (Å²) in [6, 6.07) is 7.79. The molecule has 0 amide bonds. The zero-order valence-corrected chi connectivity index (χ0v) is 8.60. The third kappa shape index (κ3) is 1.61. The second kappa shape index (κ2) is 3.75. The molecule has 0 unspecified atom stereocenters. The second-order valence-corrected chi connectivity index (χ2v) is 3.30. The summed E-state index contributed by atoms with van der Waals surface area (Å²) in [4.78, 5) is 4.22. The summed E-state index contributed by atoms with van der Waals surface area (Å²) in [6.07, 6.45) is 0. The lowest BCUT2D eigenvalue weighted by Crippen LogP contribution is -2.17. The van der Waals surface area contributed by atoms with E-state index in [2.05, 4.69) is 10.3 Å². The lowest BCUT2D eigenvalue weighted by atomic mass is 10.1. The molecule has 1 aliphatic heterocycles. The first-order valence-corrected chi connectivity index (χ1v) is 4.71. The summed E-state index contributed by atoms with van der Waals surface area (Å²) in [5.41, 5.74) is 1.94. The Bertz CT molecular complexity index is 401. The molecule has 0 aliphatic carbocycles. The first-order valence-electron chi connectivity index (χ1n) is 4.30. The highest BCUT2D eigenvalue weighted by molar-refractivity contribution is 7.80. The zero-order valence-electron chi connectivity index (χ0n) is 7.78. The Hall–Kier alpha value is -1.42. The number of hydrogen-bond donors (Lipinski definition) is 1. The molecule has 14 heavy (non-hydrogen) atoms. The number of nitrogens with one attached hydrogen (secondary N) is 1. The molecule has 1 heterocycles. The van der Waals surface area contributed by atoms with Crippen molar-refractivity contribution in [1.82, 2.24) is 5.32 Å². The number of hydrogen-bond acceptors (Lipinski definition) is 2. The fraction of sp³-hybridized carbons (Fsp3) is 0.200. The molecule has 4 heteroatoms. The molecule has 0 bridgehead atoms. The summed E-state index contributed by atoms with van der Waals surface area (Å²) in [6.45, 7) is 0.680. The molecule has 0 aromatic heterocycles. The molecule has 1 aliphatic rings. The van der Waals surface area contributed by atoms with Gasteiger partial charge in [0.1, 0.15) is 5.75 Å². The van der Waals surface area contributed by atoms with Crippen molar-refractivity contribution in [1.29, 1.82) is 0 Å². The quantitative estimate of drug-likeness (QED) is 0.742. The van der Waals surface area contributed by atoms with E-state index >= 15 is 0 Å². The van der Waals surface area contributed by atoms with Crippen molar-refractivity contribution in [3.8, 4) is 5.75 Å². The molecular weight excluding hydrogens is 196 g/mol. The molecule has 1 N–H and O–H groups in total. The number of rotatable bonds is 2. The van der Waals surface area contributed by atoms with Crippen LogP contribution in [0.5, 0.6) is 5.75 Å². The smallest absolute Gasteiger partial charge is 0.193 e. The Morgan fingerprint density at radius 2 is 2.21 bits per heavy atom. The third-order valence-electron chi connectivity index (χ3n) is 2.06. The first kappa shape index (κ1) is 9.15. The SMILES string of the molecule is COc1ccccc1C1=NC(=S)NC1. The van der Waals surface area contributed by atoms with Gasteiger partial charge in [0.05, 0.1) is 19.4 Å². The van der Waals surface area contributed by atoms with Gasteiger partial charge in [-0.1, -0.05) is 12.1 Å². The largest absolute Gasteiger partial charge is 0.496 e. The highest BCUT2D eigenvalue weighted by atomic mass is 32.1. The number of aliphatic imine (C=N–C) groups is 1. The lowest BCUT2D eigenvalue weighted by Gasteiger charge is -2.06. The van der Waals surface area contributed by atoms with Gasteiger partial charge in [0.2, 0.25) is 0 Å². The molecule has 3 nitrogen and oxygen atoms in total. The number of para-hydroxylation sites is 1. The Kier molecular flexibility index (Phi) is 2.45. The Morgan fingerprint density at radius 3 is 2.86 bits per heavy atom. The van der Waals surface area contributed by atoms with Crippen LogP contribution in [0.3, 0.4) is 0 Å². The topological polar surface area (TPSA) is 33.6 Å². The molecule has 0 spiro atoms.